The highest BCUT2D eigenvalue weighted by Gasteiger charge is 2.03. The number of aryl methyl sites for hydroxylation is 1. The largest absolute Gasteiger partial charge is 0.486 e. The second-order valence-electron chi connectivity index (χ2n) is 3.43. The van der Waals surface area contributed by atoms with E-state index in [0.29, 0.717) is 11.5 Å². The predicted octanol–water partition coefficient (Wildman–Crippen LogP) is 3.56. The van der Waals surface area contributed by atoms with Crippen molar-refractivity contribution in [2.45, 2.75) is 13.5 Å². The monoisotopic (exact) mass is 264 g/mol. The molecule has 2 aromatic rings. The molecule has 0 aliphatic heterocycles. The summed E-state index contributed by atoms with van der Waals surface area (Å²) < 4.78 is 5.57. The molecule has 0 aliphatic rings. The maximum absolute atomic E-state index is 8.67. The van der Waals surface area contributed by atoms with Crippen LogP contribution in [0.1, 0.15) is 15.4 Å². The number of nitrogens with zero attached hydrogens (tertiary/aromatic N) is 2. The van der Waals surface area contributed by atoms with Crippen LogP contribution in [0.3, 0.4) is 0 Å². The van der Waals surface area contributed by atoms with E-state index in [1.54, 1.807) is 12.3 Å². The van der Waals surface area contributed by atoms with Crippen LogP contribution in [0.25, 0.3) is 0 Å². The molecule has 1 aromatic heterocycles. The fraction of sp³-hybridized carbons (Fsp3) is 0.167. The molecule has 0 radical (unpaired) electrons. The van der Waals surface area contributed by atoms with E-state index in [-0.39, 0.29) is 0 Å². The van der Waals surface area contributed by atoms with Crippen molar-refractivity contribution < 1.29 is 4.74 Å². The molecule has 0 N–H and O–H groups in total. The SMILES string of the molecule is Cc1cc(OCc2ncc(C#N)s2)ccc1Cl. The Kier molecular flexibility index (Phi) is 3.62. The van der Waals surface area contributed by atoms with Crippen molar-refractivity contribution in [3.05, 3.63) is 44.9 Å². The average Bonchev–Trinajstić information content (AvgIpc) is 2.79. The normalized spacial score (nSPS) is 9.94. The van der Waals surface area contributed by atoms with E-state index in [9.17, 15) is 0 Å². The number of nitriles is 1. The molecule has 17 heavy (non-hydrogen) atoms. The maximum atomic E-state index is 8.67. The van der Waals surface area contributed by atoms with Crippen molar-refractivity contribution in [3.63, 3.8) is 0 Å². The summed E-state index contributed by atoms with van der Waals surface area (Å²) in [6.07, 6.45) is 1.55. The second-order valence-corrected chi connectivity index (χ2v) is 4.95. The highest BCUT2D eigenvalue weighted by molar-refractivity contribution is 7.12. The third-order valence-electron chi connectivity index (χ3n) is 2.16. The van der Waals surface area contributed by atoms with Crippen LogP contribution in [-0.2, 0) is 6.61 Å². The van der Waals surface area contributed by atoms with Crippen LogP contribution < -0.4 is 4.74 Å². The van der Waals surface area contributed by atoms with E-state index in [0.717, 1.165) is 21.3 Å². The minimum absolute atomic E-state index is 0.368. The lowest BCUT2D eigenvalue weighted by atomic mass is 10.2. The Morgan fingerprint density at radius 1 is 1.53 bits per heavy atom. The summed E-state index contributed by atoms with van der Waals surface area (Å²) >= 11 is 7.25. The molecule has 0 aliphatic carbocycles. The topological polar surface area (TPSA) is 45.9 Å². The van der Waals surface area contributed by atoms with E-state index in [1.165, 1.54) is 11.3 Å². The van der Waals surface area contributed by atoms with Crippen LogP contribution in [0.15, 0.2) is 24.4 Å². The Balaban J connectivity index is 2.02. The quantitative estimate of drug-likeness (QED) is 0.852. The van der Waals surface area contributed by atoms with Crippen LogP contribution in [-0.4, -0.2) is 4.98 Å². The molecule has 2 rings (SSSR count). The Bertz CT molecular complexity index is 574. The van der Waals surface area contributed by atoms with Gasteiger partial charge in [0, 0.05) is 5.02 Å². The summed E-state index contributed by atoms with van der Waals surface area (Å²) in [6.45, 7) is 2.29. The van der Waals surface area contributed by atoms with Gasteiger partial charge in [0.25, 0.3) is 0 Å². The minimum Gasteiger partial charge on any atom is -0.486 e. The standard InChI is InChI=1S/C12H9ClN2OS/c1-8-4-9(2-3-11(8)13)16-7-12-15-6-10(5-14)17-12/h2-4,6H,7H2,1H3. The Morgan fingerprint density at radius 3 is 3.00 bits per heavy atom. The molecular weight excluding hydrogens is 256 g/mol. The van der Waals surface area contributed by atoms with Crippen LogP contribution in [0.5, 0.6) is 5.75 Å². The van der Waals surface area contributed by atoms with Gasteiger partial charge < -0.3 is 4.74 Å². The lowest BCUT2D eigenvalue weighted by Crippen LogP contribution is -1.94. The van der Waals surface area contributed by atoms with Gasteiger partial charge in [-0.3, -0.25) is 0 Å². The number of hydrogen-bond acceptors (Lipinski definition) is 4. The molecule has 0 atom stereocenters. The van der Waals surface area contributed by atoms with Gasteiger partial charge in [-0.05, 0) is 30.7 Å². The zero-order chi connectivity index (χ0) is 12.3. The molecule has 0 fully saturated rings. The van der Waals surface area contributed by atoms with Gasteiger partial charge in [0.2, 0.25) is 0 Å². The van der Waals surface area contributed by atoms with Gasteiger partial charge in [0.1, 0.15) is 28.3 Å². The van der Waals surface area contributed by atoms with E-state index in [2.05, 4.69) is 4.98 Å². The molecule has 1 aromatic carbocycles. The lowest BCUT2D eigenvalue weighted by Gasteiger charge is -2.05. The second kappa shape index (κ2) is 5.17. The van der Waals surface area contributed by atoms with Gasteiger partial charge in [0.05, 0.1) is 6.20 Å². The molecular formula is C12H9ClN2OS. The molecule has 3 nitrogen and oxygen atoms in total. The Labute approximate surface area is 108 Å². The van der Waals surface area contributed by atoms with E-state index in [4.69, 9.17) is 21.6 Å². The van der Waals surface area contributed by atoms with Crippen molar-refractivity contribution in [2.24, 2.45) is 0 Å². The van der Waals surface area contributed by atoms with E-state index in [1.807, 2.05) is 25.1 Å². The Hall–Kier alpha value is -1.57. The smallest absolute Gasteiger partial charge is 0.140 e. The zero-order valence-corrected chi connectivity index (χ0v) is 10.7. The van der Waals surface area contributed by atoms with Gasteiger partial charge in [-0.1, -0.05) is 11.6 Å². The van der Waals surface area contributed by atoms with Gasteiger partial charge >= 0.3 is 0 Å². The van der Waals surface area contributed by atoms with Gasteiger partial charge in [-0.2, -0.15) is 5.26 Å². The van der Waals surface area contributed by atoms with Crippen LogP contribution in [0.2, 0.25) is 5.02 Å². The maximum Gasteiger partial charge on any atom is 0.140 e. The molecule has 0 saturated carbocycles. The summed E-state index contributed by atoms with van der Waals surface area (Å²) in [5, 5.41) is 10.2. The zero-order valence-electron chi connectivity index (χ0n) is 9.11. The first-order chi connectivity index (χ1) is 8.19. The van der Waals surface area contributed by atoms with Crippen molar-refractivity contribution >= 4 is 22.9 Å². The minimum atomic E-state index is 0.368. The summed E-state index contributed by atoms with van der Waals surface area (Å²) in [6, 6.07) is 7.54. The molecule has 0 bridgehead atoms. The van der Waals surface area contributed by atoms with Crippen LogP contribution in [0.4, 0.5) is 0 Å². The number of halogens is 1. The molecule has 5 heteroatoms. The van der Waals surface area contributed by atoms with Gasteiger partial charge in [0.15, 0.2) is 0 Å². The first kappa shape index (κ1) is 11.9. The van der Waals surface area contributed by atoms with E-state index < -0.39 is 0 Å². The number of benzene rings is 1. The number of aromatic nitrogens is 1. The number of rotatable bonds is 3. The summed E-state index contributed by atoms with van der Waals surface area (Å²) in [7, 11) is 0. The molecule has 0 spiro atoms. The van der Waals surface area contributed by atoms with Gasteiger partial charge in [-0.15, -0.1) is 11.3 Å². The number of thiazole rings is 1. The summed E-state index contributed by atoms with van der Waals surface area (Å²) in [5.74, 6) is 0.751. The van der Waals surface area contributed by atoms with Crippen molar-refractivity contribution in [1.29, 1.82) is 5.26 Å². The fourth-order valence-electron chi connectivity index (χ4n) is 1.28. The molecule has 1 heterocycles. The highest BCUT2D eigenvalue weighted by atomic mass is 35.5. The highest BCUT2D eigenvalue weighted by Crippen LogP contribution is 2.22. The molecule has 86 valence electrons. The molecule has 0 amide bonds. The molecule has 0 saturated heterocycles. The number of ether oxygens (including phenoxy) is 1. The van der Waals surface area contributed by atoms with Crippen LogP contribution >= 0.6 is 22.9 Å². The summed E-state index contributed by atoms with van der Waals surface area (Å²) in [4.78, 5) is 4.68. The van der Waals surface area contributed by atoms with E-state index >= 15 is 0 Å². The third-order valence-corrected chi connectivity index (χ3v) is 3.46. The average molecular weight is 265 g/mol. The predicted molar refractivity (Wildman–Crippen MR) is 67.4 cm³/mol. The first-order valence-electron chi connectivity index (χ1n) is 4.93. The lowest BCUT2D eigenvalue weighted by molar-refractivity contribution is 0.305. The van der Waals surface area contributed by atoms with Crippen molar-refractivity contribution in [1.82, 2.24) is 4.98 Å². The van der Waals surface area contributed by atoms with Crippen LogP contribution in [0, 0.1) is 18.3 Å². The number of hydrogen-bond donors (Lipinski definition) is 0. The van der Waals surface area contributed by atoms with Crippen molar-refractivity contribution in [2.75, 3.05) is 0 Å². The first-order valence-corrected chi connectivity index (χ1v) is 6.12. The third kappa shape index (κ3) is 2.96. The molecule has 0 unspecified atom stereocenters. The fourth-order valence-corrected chi connectivity index (χ4v) is 2.03. The van der Waals surface area contributed by atoms with Crippen molar-refractivity contribution in [3.8, 4) is 11.8 Å². The summed E-state index contributed by atoms with van der Waals surface area (Å²) in [5.41, 5.74) is 0.973. The van der Waals surface area contributed by atoms with Gasteiger partial charge in [-0.25, -0.2) is 4.98 Å². The Morgan fingerprint density at radius 2 is 2.35 bits per heavy atom.